The Morgan fingerprint density at radius 2 is 1.04 bits per heavy atom. The number of ether oxygens (including phenoxy) is 6. The van der Waals surface area contributed by atoms with Gasteiger partial charge in [0.05, 0.1) is 36.3 Å². The molecule has 67 heavy (non-hydrogen) atoms. The van der Waals surface area contributed by atoms with Crippen LogP contribution in [0.1, 0.15) is 136 Å². The van der Waals surface area contributed by atoms with Gasteiger partial charge in [0.15, 0.2) is 24.1 Å². The summed E-state index contributed by atoms with van der Waals surface area (Å²) in [7, 11) is 7.65. The van der Waals surface area contributed by atoms with Crippen LogP contribution in [0, 0.1) is 41.4 Å². The lowest BCUT2D eigenvalue weighted by Crippen LogP contribution is -2.56. The van der Waals surface area contributed by atoms with Gasteiger partial charge in [-0.05, 0) is 131 Å². The second-order valence-corrected chi connectivity index (χ2v) is 20.5. The van der Waals surface area contributed by atoms with E-state index >= 15 is 0 Å². The number of ketones is 2. The van der Waals surface area contributed by atoms with Gasteiger partial charge in [-0.25, -0.2) is 0 Å². The molecule has 0 spiro atoms. The zero-order valence-electron chi connectivity index (χ0n) is 42.3. The first-order valence-electron chi connectivity index (χ1n) is 24.1. The van der Waals surface area contributed by atoms with Gasteiger partial charge < -0.3 is 53.5 Å². The van der Waals surface area contributed by atoms with Gasteiger partial charge in [0.25, 0.3) is 0 Å². The number of cyclic esters (lactones) is 2. The minimum Gasteiger partial charge on any atom is -0.461 e. The van der Waals surface area contributed by atoms with Crippen molar-refractivity contribution in [2.24, 2.45) is 41.4 Å². The molecule has 4 rings (SSSR count). The van der Waals surface area contributed by atoms with E-state index in [0.29, 0.717) is 38.5 Å². The summed E-state index contributed by atoms with van der Waals surface area (Å²) in [5.74, 6) is -3.01. The van der Waals surface area contributed by atoms with E-state index in [1.165, 1.54) is 19.1 Å². The monoisotopic (exact) mass is 955 g/mol. The third kappa shape index (κ3) is 17.0. The molecular weight excluding hydrogens is 861 g/mol. The molecule has 0 aliphatic carbocycles. The van der Waals surface area contributed by atoms with Crippen molar-refractivity contribution in [3.8, 4) is 0 Å². The summed E-state index contributed by atoms with van der Waals surface area (Å²) < 4.78 is 36.1. The first-order chi connectivity index (χ1) is 30.2. The number of carbonyl (C=O) groups excluding carboxylic acids is 4. The fourth-order valence-corrected chi connectivity index (χ4v) is 9.73. The molecule has 4 aliphatic rings. The summed E-state index contributed by atoms with van der Waals surface area (Å²) in [6.07, 6.45) is 3.67. The predicted octanol–water partition coefficient (Wildman–Crippen LogP) is 6.77. The number of rotatable bonds is 8. The van der Waals surface area contributed by atoms with Crippen LogP contribution in [0.5, 0.6) is 0 Å². The molecule has 4 aliphatic heterocycles. The number of esters is 2. The Morgan fingerprint density at radius 1 is 0.642 bits per heavy atom. The maximum absolute atomic E-state index is 13.1. The van der Waals surface area contributed by atoms with E-state index < -0.39 is 66.5 Å². The molecule has 2 saturated heterocycles. The Kier molecular flexibility index (Phi) is 25.8. The number of nitrogens with zero attached hydrogens (tertiary/aromatic N) is 2. The summed E-state index contributed by atoms with van der Waals surface area (Å²) >= 11 is 0. The largest absolute Gasteiger partial charge is 0.461 e. The van der Waals surface area contributed by atoms with Crippen molar-refractivity contribution in [3.05, 3.63) is 24.3 Å². The summed E-state index contributed by atoms with van der Waals surface area (Å²) in [4.78, 5) is 55.5. The van der Waals surface area contributed by atoms with Gasteiger partial charge in [-0.2, -0.15) is 0 Å². The van der Waals surface area contributed by atoms with Crippen LogP contribution in [0.2, 0.25) is 0 Å². The van der Waals surface area contributed by atoms with Gasteiger partial charge in [-0.1, -0.05) is 69.4 Å². The highest BCUT2D eigenvalue weighted by Gasteiger charge is 2.45. The Hall–Kier alpha value is -2.60. The molecule has 3 N–H and O–H groups in total. The molecule has 0 bridgehead atoms. The molecular formula is C52H94N2O13. The fraction of sp³-hybridized carbons (Fsp3) is 0.846. The average molecular weight is 955 g/mol. The molecule has 0 radical (unpaired) electrons. The quantitative estimate of drug-likeness (QED) is 0.216. The first kappa shape index (κ1) is 62.4. The van der Waals surface area contributed by atoms with Crippen LogP contribution in [0.3, 0.4) is 0 Å². The van der Waals surface area contributed by atoms with Crippen molar-refractivity contribution in [1.82, 2.24) is 9.80 Å². The Balaban J connectivity index is 0.000000651. The first-order valence-corrected chi connectivity index (χ1v) is 24.1. The van der Waals surface area contributed by atoms with E-state index in [-0.39, 0.29) is 92.4 Å². The number of carbonyl (C=O) groups is 4. The predicted molar refractivity (Wildman–Crippen MR) is 261 cm³/mol. The molecule has 0 aromatic carbocycles. The molecule has 0 saturated carbocycles. The zero-order valence-corrected chi connectivity index (χ0v) is 42.3. The van der Waals surface area contributed by atoms with E-state index in [1.54, 1.807) is 19.9 Å². The number of hydrogen-bond acceptors (Lipinski definition) is 15. The molecule has 4 heterocycles. The summed E-state index contributed by atoms with van der Waals surface area (Å²) in [5.41, 5.74) is -1.47. The second-order valence-electron chi connectivity index (χ2n) is 20.5. The van der Waals surface area contributed by atoms with E-state index in [0.717, 1.165) is 0 Å². The van der Waals surface area contributed by atoms with Crippen LogP contribution in [0.4, 0.5) is 0 Å². The molecule has 8 unspecified atom stereocenters. The lowest BCUT2D eigenvalue weighted by molar-refractivity contribution is -0.279. The Bertz CT molecular complexity index is 1600. The van der Waals surface area contributed by atoms with E-state index in [4.69, 9.17) is 28.4 Å². The van der Waals surface area contributed by atoms with Crippen molar-refractivity contribution in [3.63, 3.8) is 0 Å². The zero-order chi connectivity index (χ0) is 49.2. The molecule has 0 aromatic rings. The minimum atomic E-state index is -1.47. The fourth-order valence-electron chi connectivity index (χ4n) is 9.73. The van der Waals surface area contributed by atoms with Crippen LogP contribution in [-0.4, -0.2) is 156 Å². The van der Waals surface area contributed by atoms with Gasteiger partial charge >= 0.3 is 11.9 Å². The van der Waals surface area contributed by atoms with Crippen molar-refractivity contribution in [2.45, 2.75) is 216 Å². The van der Waals surface area contributed by atoms with Gasteiger partial charge in [0.1, 0.15) is 30.0 Å². The van der Waals surface area contributed by atoms with Gasteiger partial charge in [0, 0.05) is 29.8 Å². The van der Waals surface area contributed by atoms with E-state index in [1.807, 2.05) is 106 Å². The Morgan fingerprint density at radius 3 is 1.43 bits per heavy atom. The lowest BCUT2D eigenvalue weighted by Gasteiger charge is -2.43. The van der Waals surface area contributed by atoms with Crippen molar-refractivity contribution < 1.29 is 62.9 Å². The minimum absolute atomic E-state index is 0. The number of likely N-dealkylation sites (N-methyl/N-ethyl adjacent to an activating group) is 2. The smallest absolute Gasteiger partial charge is 0.311 e. The molecule has 0 aromatic heterocycles. The van der Waals surface area contributed by atoms with E-state index in [2.05, 4.69) is 0 Å². The second kappa shape index (κ2) is 27.7. The maximum atomic E-state index is 13.1. The van der Waals surface area contributed by atoms with Crippen LogP contribution in [-0.2, 0) is 47.6 Å². The van der Waals surface area contributed by atoms with Crippen LogP contribution >= 0.6 is 0 Å². The third-order valence-corrected chi connectivity index (χ3v) is 14.1. The highest BCUT2D eigenvalue weighted by Crippen LogP contribution is 2.34. The normalized spacial score (nSPS) is 42.7. The van der Waals surface area contributed by atoms with Crippen LogP contribution < -0.4 is 0 Å². The number of aliphatic hydroxyl groups is 3. The molecule has 15 heteroatoms. The van der Waals surface area contributed by atoms with Crippen LogP contribution in [0.15, 0.2) is 24.3 Å². The molecule has 390 valence electrons. The molecule has 20 atom stereocenters. The summed E-state index contributed by atoms with van der Waals surface area (Å²) in [5, 5.41) is 32.7. The number of allylic oxidation sites excluding steroid dienone is 2. The van der Waals surface area contributed by atoms with Crippen molar-refractivity contribution in [1.29, 1.82) is 0 Å². The lowest BCUT2D eigenvalue weighted by atomic mass is 9.84. The van der Waals surface area contributed by atoms with Crippen molar-refractivity contribution in [2.75, 3.05) is 28.2 Å². The maximum Gasteiger partial charge on any atom is 0.311 e. The van der Waals surface area contributed by atoms with Gasteiger partial charge in [0.2, 0.25) is 0 Å². The third-order valence-electron chi connectivity index (χ3n) is 14.1. The molecule has 15 nitrogen and oxygen atoms in total. The molecule has 2 fully saturated rings. The Labute approximate surface area is 404 Å². The number of aliphatic hydroxyl groups excluding tert-OH is 2. The van der Waals surface area contributed by atoms with Gasteiger partial charge in [-0.3, -0.25) is 19.2 Å². The highest BCUT2D eigenvalue weighted by atomic mass is 16.7. The summed E-state index contributed by atoms with van der Waals surface area (Å²) in [6, 6.07) is -0.253. The van der Waals surface area contributed by atoms with Gasteiger partial charge in [-0.15, -0.1) is 0 Å². The standard InChI is InChI=1S/C25H43NO7.C25H43NO6.2CH4/c1-9-20-25(6,30)11-10-19(27)14(2)12-15(3)22(17(5)23(29)32-20)33-24-21(28)18(26(7)8)13-16(4)31-24;1-9-21-14(2)10-11-20(27)15(3)12-16(4)23(18(6)24(29)31-21)32-25-22(28)19(26(7)8)13-17(5)30-25;;/h10-11,14-18,20-22,24,28,30H,9,12-13H2,1-8H3;10-11,14-19,21-23,25,28H,9,12-13H2,1-8H3;2*1H4/b2*11-10+;;/t14-,15+,16?,17-,18?,20-,21?,22+,24?,25+;14-,15-,16+,17?,18-,19?,21-,22?,23+,25?;;/m11../s1. The average Bonchev–Trinajstić information content (AvgIpc) is 3.24. The van der Waals surface area contributed by atoms with E-state index in [9.17, 15) is 34.5 Å². The summed E-state index contributed by atoms with van der Waals surface area (Å²) in [6.45, 7) is 22.3. The highest BCUT2D eigenvalue weighted by molar-refractivity contribution is 5.92. The van der Waals surface area contributed by atoms with Crippen molar-refractivity contribution >= 4 is 23.5 Å². The topological polar surface area (TPSA) is 191 Å². The van der Waals surface area contributed by atoms with Crippen LogP contribution in [0.25, 0.3) is 0 Å². The number of hydrogen-bond donors (Lipinski definition) is 3. The molecule has 0 amide bonds. The SMILES string of the molecule is C.C.CC[C@H]1OC(=O)[C@H](C)[C@@H](OC2OC(C)CC(N(C)C)C2O)[C@@H](C)C[C@@H](C)C(=O)/C=C/[C@H]1C.CC[C@H]1OC(=O)[C@H](C)[C@@H](OC2OC(C)CC(N(C)C)C2O)[C@@H](C)C[C@@H](C)C(=O)/C=C/[C@]1(C)O.